The summed E-state index contributed by atoms with van der Waals surface area (Å²) in [6, 6.07) is 0. The van der Waals surface area contributed by atoms with Crippen LogP contribution in [0.1, 0.15) is 11.4 Å². The van der Waals surface area contributed by atoms with Crippen molar-refractivity contribution in [2.24, 2.45) is 0 Å². The lowest BCUT2D eigenvalue weighted by atomic mass is 10.4. The third kappa shape index (κ3) is 4.38. The standard InChI is InChI=1S/C10H13N3O3S/c1-3-5-13(6-4-9(14)15)10-12-11-8(17-10)7-16-2/h1H,4-7H2,2H3,(H,14,15). The Kier molecular flexibility index (Phi) is 5.39. The van der Waals surface area contributed by atoms with Gasteiger partial charge < -0.3 is 14.7 Å². The molecule has 1 aromatic rings. The van der Waals surface area contributed by atoms with Crippen LogP contribution in [-0.2, 0) is 16.1 Å². The summed E-state index contributed by atoms with van der Waals surface area (Å²) < 4.78 is 4.93. The molecule has 0 saturated carbocycles. The van der Waals surface area contributed by atoms with Crippen molar-refractivity contribution in [3.05, 3.63) is 5.01 Å². The SMILES string of the molecule is C#CCN(CCC(=O)O)c1nnc(COC)s1. The number of hydrogen-bond donors (Lipinski definition) is 1. The summed E-state index contributed by atoms with van der Waals surface area (Å²) in [5.74, 6) is 1.60. The maximum Gasteiger partial charge on any atom is 0.305 e. The van der Waals surface area contributed by atoms with Gasteiger partial charge in [-0.1, -0.05) is 17.3 Å². The maximum absolute atomic E-state index is 10.5. The van der Waals surface area contributed by atoms with E-state index in [1.165, 1.54) is 11.3 Å². The number of aliphatic carboxylic acids is 1. The zero-order chi connectivity index (χ0) is 12.7. The van der Waals surface area contributed by atoms with Crippen LogP contribution >= 0.6 is 11.3 Å². The van der Waals surface area contributed by atoms with Crippen LogP contribution in [0.4, 0.5) is 5.13 Å². The third-order valence-electron chi connectivity index (χ3n) is 1.87. The van der Waals surface area contributed by atoms with E-state index < -0.39 is 5.97 Å². The molecule has 1 rings (SSSR count). The first-order valence-corrected chi connectivity index (χ1v) is 5.70. The molecule has 0 unspecified atom stereocenters. The first-order valence-electron chi connectivity index (χ1n) is 4.89. The van der Waals surface area contributed by atoms with Crippen molar-refractivity contribution in [2.45, 2.75) is 13.0 Å². The van der Waals surface area contributed by atoms with Gasteiger partial charge in [0.15, 0.2) is 0 Å². The lowest BCUT2D eigenvalue weighted by Gasteiger charge is -2.16. The second-order valence-corrected chi connectivity index (χ2v) is 4.22. The van der Waals surface area contributed by atoms with Crippen LogP contribution in [0.3, 0.4) is 0 Å². The maximum atomic E-state index is 10.5. The van der Waals surface area contributed by atoms with Gasteiger partial charge in [0.05, 0.1) is 13.0 Å². The molecule has 0 radical (unpaired) electrons. The molecule has 0 aliphatic heterocycles. The van der Waals surface area contributed by atoms with Crippen molar-refractivity contribution in [1.29, 1.82) is 0 Å². The van der Waals surface area contributed by atoms with Gasteiger partial charge >= 0.3 is 5.97 Å². The number of anilines is 1. The quantitative estimate of drug-likeness (QED) is 0.719. The van der Waals surface area contributed by atoms with E-state index in [9.17, 15) is 4.79 Å². The number of ether oxygens (including phenoxy) is 1. The normalized spacial score (nSPS) is 9.88. The van der Waals surface area contributed by atoms with Crippen LogP contribution in [-0.4, -0.2) is 41.5 Å². The highest BCUT2D eigenvalue weighted by molar-refractivity contribution is 7.15. The molecule has 0 spiro atoms. The number of hydrogen-bond acceptors (Lipinski definition) is 6. The summed E-state index contributed by atoms with van der Waals surface area (Å²) in [6.45, 7) is 1.02. The van der Waals surface area contributed by atoms with Gasteiger partial charge in [-0.05, 0) is 0 Å². The van der Waals surface area contributed by atoms with Crippen molar-refractivity contribution in [3.8, 4) is 12.3 Å². The minimum absolute atomic E-state index is 0.0148. The predicted molar refractivity (Wildman–Crippen MR) is 63.9 cm³/mol. The fourth-order valence-corrected chi connectivity index (χ4v) is 1.97. The average Bonchev–Trinajstić information content (AvgIpc) is 2.73. The van der Waals surface area contributed by atoms with Gasteiger partial charge in [0.1, 0.15) is 11.6 Å². The second-order valence-electron chi connectivity index (χ2n) is 3.18. The number of terminal acetylenes is 1. The minimum Gasteiger partial charge on any atom is -0.481 e. The summed E-state index contributed by atoms with van der Waals surface area (Å²) in [4.78, 5) is 12.2. The van der Waals surface area contributed by atoms with Gasteiger partial charge in [-0.2, -0.15) is 0 Å². The first-order chi connectivity index (χ1) is 8.17. The number of aromatic nitrogens is 2. The van der Waals surface area contributed by atoms with Crippen LogP contribution in [0.15, 0.2) is 0 Å². The van der Waals surface area contributed by atoms with E-state index in [0.29, 0.717) is 24.8 Å². The first kappa shape index (κ1) is 13.4. The number of carboxylic acid groups (broad SMARTS) is 1. The van der Waals surface area contributed by atoms with Gasteiger partial charge in [-0.25, -0.2) is 0 Å². The molecule has 0 amide bonds. The van der Waals surface area contributed by atoms with Crippen LogP contribution in [0.5, 0.6) is 0 Å². The highest BCUT2D eigenvalue weighted by Crippen LogP contribution is 2.20. The van der Waals surface area contributed by atoms with Gasteiger partial charge in [-0.15, -0.1) is 16.6 Å². The van der Waals surface area contributed by atoms with Crippen LogP contribution < -0.4 is 4.90 Å². The third-order valence-corrected chi connectivity index (χ3v) is 2.83. The molecule has 1 heterocycles. The van der Waals surface area contributed by atoms with E-state index in [0.717, 1.165) is 5.01 Å². The van der Waals surface area contributed by atoms with Gasteiger partial charge in [0, 0.05) is 13.7 Å². The van der Waals surface area contributed by atoms with Crippen molar-refractivity contribution in [3.63, 3.8) is 0 Å². The van der Waals surface area contributed by atoms with Crippen molar-refractivity contribution >= 4 is 22.4 Å². The smallest absolute Gasteiger partial charge is 0.305 e. The molecule has 1 aromatic heterocycles. The van der Waals surface area contributed by atoms with Crippen molar-refractivity contribution in [2.75, 3.05) is 25.1 Å². The van der Waals surface area contributed by atoms with E-state index in [1.54, 1.807) is 12.0 Å². The lowest BCUT2D eigenvalue weighted by molar-refractivity contribution is -0.136. The highest BCUT2D eigenvalue weighted by Gasteiger charge is 2.12. The zero-order valence-corrected chi connectivity index (χ0v) is 10.2. The Morgan fingerprint density at radius 2 is 2.41 bits per heavy atom. The summed E-state index contributed by atoms with van der Waals surface area (Å²) in [5, 5.41) is 17.9. The van der Waals surface area contributed by atoms with Crippen LogP contribution in [0.2, 0.25) is 0 Å². The Labute approximate surface area is 103 Å². The number of carboxylic acids is 1. The van der Waals surface area contributed by atoms with Crippen LogP contribution in [0.25, 0.3) is 0 Å². The molecular weight excluding hydrogens is 242 g/mol. The van der Waals surface area contributed by atoms with E-state index >= 15 is 0 Å². The second kappa shape index (κ2) is 6.83. The number of nitrogens with zero attached hydrogens (tertiary/aromatic N) is 3. The van der Waals surface area contributed by atoms with Gasteiger partial charge in [0.25, 0.3) is 0 Å². The number of rotatable bonds is 7. The lowest BCUT2D eigenvalue weighted by Crippen LogP contribution is -2.26. The van der Waals surface area contributed by atoms with Gasteiger partial charge in [0.2, 0.25) is 5.13 Å². The monoisotopic (exact) mass is 255 g/mol. The van der Waals surface area contributed by atoms with E-state index in [-0.39, 0.29) is 6.42 Å². The molecule has 0 saturated heterocycles. The fourth-order valence-electron chi connectivity index (χ4n) is 1.14. The Morgan fingerprint density at radius 1 is 1.65 bits per heavy atom. The molecule has 0 aliphatic rings. The minimum atomic E-state index is -0.867. The van der Waals surface area contributed by atoms with Crippen LogP contribution in [0, 0.1) is 12.3 Å². The molecule has 7 heteroatoms. The predicted octanol–water partition coefficient (Wildman–Crippen LogP) is 0.599. The molecule has 1 N–H and O–H groups in total. The summed E-state index contributed by atoms with van der Waals surface area (Å²) in [6.07, 6.45) is 5.25. The summed E-state index contributed by atoms with van der Waals surface area (Å²) in [5.41, 5.74) is 0. The molecule has 92 valence electrons. The van der Waals surface area contributed by atoms with E-state index in [4.69, 9.17) is 16.3 Å². The molecule has 0 aromatic carbocycles. The fraction of sp³-hybridized carbons (Fsp3) is 0.500. The molecule has 0 atom stereocenters. The molecule has 0 bridgehead atoms. The number of methoxy groups -OCH3 is 1. The van der Waals surface area contributed by atoms with Gasteiger partial charge in [-0.3, -0.25) is 4.79 Å². The van der Waals surface area contributed by atoms with Crippen molar-refractivity contribution < 1.29 is 14.6 Å². The molecule has 0 fully saturated rings. The Bertz CT molecular complexity index is 413. The summed E-state index contributed by atoms with van der Waals surface area (Å²) >= 11 is 1.35. The Hall–Kier alpha value is -1.65. The molecular formula is C10H13N3O3S. The van der Waals surface area contributed by atoms with Crippen molar-refractivity contribution in [1.82, 2.24) is 10.2 Å². The topological polar surface area (TPSA) is 75.6 Å². The molecule has 6 nitrogen and oxygen atoms in total. The molecule has 17 heavy (non-hydrogen) atoms. The number of carbonyl (C=O) groups is 1. The highest BCUT2D eigenvalue weighted by atomic mass is 32.1. The summed E-state index contributed by atoms with van der Waals surface area (Å²) in [7, 11) is 1.57. The zero-order valence-electron chi connectivity index (χ0n) is 9.42. The van der Waals surface area contributed by atoms with E-state index in [1.807, 2.05) is 0 Å². The Morgan fingerprint density at radius 3 is 3.00 bits per heavy atom. The average molecular weight is 255 g/mol. The largest absolute Gasteiger partial charge is 0.481 e. The molecule has 0 aliphatic carbocycles. The Balaban J connectivity index is 2.67. The van der Waals surface area contributed by atoms with E-state index in [2.05, 4.69) is 16.1 Å².